The van der Waals surface area contributed by atoms with Gasteiger partial charge in [-0.25, -0.2) is 0 Å². The van der Waals surface area contributed by atoms with Crippen LogP contribution in [0.15, 0.2) is 58.3 Å². The SMILES string of the molecule is c1ccc2c(c1)Sc1ccccc1C2CCCN1CCOCC1. The topological polar surface area (TPSA) is 12.5 Å². The third kappa shape index (κ3) is 3.32. The van der Waals surface area contributed by atoms with Crippen LogP contribution in [0.1, 0.15) is 29.9 Å². The lowest BCUT2D eigenvalue weighted by Crippen LogP contribution is -2.36. The van der Waals surface area contributed by atoms with E-state index in [1.807, 2.05) is 11.8 Å². The maximum Gasteiger partial charge on any atom is 0.0594 e. The average molecular weight is 325 g/mol. The molecule has 0 unspecified atom stereocenters. The number of ether oxygens (including phenoxy) is 1. The predicted octanol–water partition coefficient (Wildman–Crippen LogP) is 4.40. The van der Waals surface area contributed by atoms with Crippen LogP contribution in [0.2, 0.25) is 0 Å². The highest BCUT2D eigenvalue weighted by Gasteiger charge is 2.25. The molecular formula is C20H23NOS. The van der Waals surface area contributed by atoms with Crippen molar-refractivity contribution in [2.45, 2.75) is 28.6 Å². The Morgan fingerprint density at radius 3 is 2.17 bits per heavy atom. The highest BCUT2D eigenvalue weighted by Crippen LogP contribution is 2.47. The van der Waals surface area contributed by atoms with Gasteiger partial charge in [0.15, 0.2) is 0 Å². The fourth-order valence-electron chi connectivity index (χ4n) is 3.66. The second-order valence-electron chi connectivity index (χ2n) is 6.33. The molecule has 0 radical (unpaired) electrons. The fraction of sp³-hybridized carbons (Fsp3) is 0.400. The smallest absolute Gasteiger partial charge is 0.0594 e. The van der Waals surface area contributed by atoms with Gasteiger partial charge in [0.05, 0.1) is 13.2 Å². The molecule has 0 aliphatic carbocycles. The van der Waals surface area contributed by atoms with E-state index in [0.717, 1.165) is 26.3 Å². The number of rotatable bonds is 4. The van der Waals surface area contributed by atoms with Gasteiger partial charge in [0.25, 0.3) is 0 Å². The van der Waals surface area contributed by atoms with Crippen LogP contribution in [-0.4, -0.2) is 37.7 Å². The zero-order valence-electron chi connectivity index (χ0n) is 13.4. The van der Waals surface area contributed by atoms with E-state index in [9.17, 15) is 0 Å². The van der Waals surface area contributed by atoms with Crippen LogP contribution in [0, 0.1) is 0 Å². The molecule has 0 atom stereocenters. The van der Waals surface area contributed by atoms with Crippen molar-refractivity contribution in [3.05, 3.63) is 59.7 Å². The Kier molecular flexibility index (Phi) is 4.69. The maximum atomic E-state index is 5.44. The molecule has 3 heteroatoms. The van der Waals surface area contributed by atoms with Crippen LogP contribution in [-0.2, 0) is 4.74 Å². The molecule has 2 aromatic carbocycles. The van der Waals surface area contributed by atoms with Crippen molar-refractivity contribution in [2.75, 3.05) is 32.8 Å². The first-order valence-corrected chi connectivity index (χ1v) is 9.39. The highest BCUT2D eigenvalue weighted by molar-refractivity contribution is 7.99. The largest absolute Gasteiger partial charge is 0.379 e. The molecule has 2 heterocycles. The first kappa shape index (κ1) is 15.3. The Morgan fingerprint density at radius 2 is 1.52 bits per heavy atom. The molecule has 2 aromatic rings. The summed E-state index contributed by atoms with van der Waals surface area (Å²) in [5.41, 5.74) is 3.02. The van der Waals surface area contributed by atoms with Gasteiger partial charge in [-0.3, -0.25) is 4.90 Å². The van der Waals surface area contributed by atoms with E-state index in [1.165, 1.54) is 40.3 Å². The van der Waals surface area contributed by atoms with Crippen LogP contribution in [0.25, 0.3) is 0 Å². The van der Waals surface area contributed by atoms with Crippen molar-refractivity contribution in [1.29, 1.82) is 0 Å². The third-order valence-corrected chi connectivity index (χ3v) is 6.06. The summed E-state index contributed by atoms with van der Waals surface area (Å²) in [5, 5.41) is 0. The van der Waals surface area contributed by atoms with E-state index < -0.39 is 0 Å². The lowest BCUT2D eigenvalue weighted by Gasteiger charge is -2.30. The van der Waals surface area contributed by atoms with E-state index in [0.29, 0.717) is 5.92 Å². The van der Waals surface area contributed by atoms with Crippen LogP contribution in [0.3, 0.4) is 0 Å². The van der Waals surface area contributed by atoms with Gasteiger partial charge in [-0.2, -0.15) is 0 Å². The molecule has 0 N–H and O–H groups in total. The number of hydrogen-bond acceptors (Lipinski definition) is 3. The van der Waals surface area contributed by atoms with Gasteiger partial charge >= 0.3 is 0 Å². The third-order valence-electron chi connectivity index (χ3n) is 4.88. The standard InChI is InChI=1S/C20H23NOS/c1-3-9-19-17(6-1)16(18-7-2-4-10-20(18)23-19)8-5-11-21-12-14-22-15-13-21/h1-4,6-7,9-10,16H,5,8,11-15H2. The van der Waals surface area contributed by atoms with Gasteiger partial charge in [0, 0.05) is 28.8 Å². The molecule has 23 heavy (non-hydrogen) atoms. The lowest BCUT2D eigenvalue weighted by atomic mass is 9.87. The van der Waals surface area contributed by atoms with Crippen LogP contribution >= 0.6 is 11.8 Å². The number of hydrogen-bond donors (Lipinski definition) is 0. The predicted molar refractivity (Wildman–Crippen MR) is 95.3 cm³/mol. The van der Waals surface area contributed by atoms with Crippen LogP contribution < -0.4 is 0 Å². The van der Waals surface area contributed by atoms with Gasteiger partial charge < -0.3 is 4.74 Å². The quantitative estimate of drug-likeness (QED) is 0.827. The Morgan fingerprint density at radius 1 is 0.913 bits per heavy atom. The number of benzene rings is 2. The molecule has 0 bridgehead atoms. The van der Waals surface area contributed by atoms with Crippen molar-refractivity contribution < 1.29 is 4.74 Å². The minimum absolute atomic E-state index is 0.546. The molecule has 2 aliphatic rings. The van der Waals surface area contributed by atoms with Crippen molar-refractivity contribution in [2.24, 2.45) is 0 Å². The molecule has 0 spiro atoms. The van der Waals surface area contributed by atoms with Crippen molar-refractivity contribution in [3.8, 4) is 0 Å². The summed E-state index contributed by atoms with van der Waals surface area (Å²) in [7, 11) is 0. The maximum absolute atomic E-state index is 5.44. The molecule has 1 fully saturated rings. The molecule has 2 nitrogen and oxygen atoms in total. The van der Waals surface area contributed by atoms with Crippen molar-refractivity contribution in [3.63, 3.8) is 0 Å². The molecule has 0 saturated carbocycles. The van der Waals surface area contributed by atoms with Gasteiger partial charge in [-0.15, -0.1) is 0 Å². The summed E-state index contributed by atoms with van der Waals surface area (Å²) >= 11 is 1.92. The minimum atomic E-state index is 0.546. The van der Waals surface area contributed by atoms with Crippen molar-refractivity contribution in [1.82, 2.24) is 4.90 Å². The van der Waals surface area contributed by atoms with Gasteiger partial charge in [-0.1, -0.05) is 48.2 Å². The minimum Gasteiger partial charge on any atom is -0.379 e. The summed E-state index contributed by atoms with van der Waals surface area (Å²) in [6, 6.07) is 17.9. The van der Waals surface area contributed by atoms with E-state index >= 15 is 0 Å². The highest BCUT2D eigenvalue weighted by atomic mass is 32.2. The number of nitrogens with zero attached hydrogens (tertiary/aromatic N) is 1. The van der Waals surface area contributed by atoms with E-state index in [2.05, 4.69) is 53.4 Å². The van der Waals surface area contributed by atoms with E-state index in [1.54, 1.807) is 0 Å². The lowest BCUT2D eigenvalue weighted by molar-refractivity contribution is 0.0370. The summed E-state index contributed by atoms with van der Waals surface area (Å²) < 4.78 is 5.44. The Hall–Kier alpha value is -1.29. The average Bonchev–Trinajstić information content (AvgIpc) is 2.62. The van der Waals surface area contributed by atoms with Gasteiger partial charge in [0.2, 0.25) is 0 Å². The first-order chi connectivity index (χ1) is 11.4. The summed E-state index contributed by atoms with van der Waals surface area (Å²) in [6.45, 7) is 5.16. The summed E-state index contributed by atoms with van der Waals surface area (Å²) in [4.78, 5) is 5.41. The van der Waals surface area contributed by atoms with E-state index in [4.69, 9.17) is 4.74 Å². The van der Waals surface area contributed by atoms with Crippen LogP contribution in [0.4, 0.5) is 0 Å². The Labute approximate surface area is 142 Å². The second-order valence-corrected chi connectivity index (χ2v) is 7.41. The van der Waals surface area contributed by atoms with E-state index in [-0.39, 0.29) is 0 Å². The molecule has 2 aliphatic heterocycles. The van der Waals surface area contributed by atoms with Gasteiger partial charge in [0.1, 0.15) is 0 Å². The summed E-state index contributed by atoms with van der Waals surface area (Å²) in [6.07, 6.45) is 2.48. The zero-order valence-corrected chi connectivity index (χ0v) is 14.2. The Bertz CT molecular complexity index is 621. The summed E-state index contributed by atoms with van der Waals surface area (Å²) in [5.74, 6) is 0.546. The van der Waals surface area contributed by atoms with Crippen LogP contribution in [0.5, 0.6) is 0 Å². The molecule has 0 aromatic heterocycles. The number of fused-ring (bicyclic) bond motifs is 2. The molecule has 0 amide bonds. The number of morpholine rings is 1. The fourth-order valence-corrected chi connectivity index (χ4v) is 4.85. The molecule has 4 rings (SSSR count). The Balaban J connectivity index is 1.50. The second kappa shape index (κ2) is 7.08. The van der Waals surface area contributed by atoms with Gasteiger partial charge in [-0.05, 0) is 42.6 Å². The first-order valence-electron chi connectivity index (χ1n) is 8.57. The normalized spacial score (nSPS) is 18.4. The molecule has 120 valence electrons. The molecular weight excluding hydrogens is 302 g/mol. The van der Waals surface area contributed by atoms with Crippen molar-refractivity contribution >= 4 is 11.8 Å². The zero-order chi connectivity index (χ0) is 15.5. The molecule has 1 saturated heterocycles. The monoisotopic (exact) mass is 325 g/mol.